The third kappa shape index (κ3) is 4.84. The Kier molecular flexibility index (Phi) is 6.40. The van der Waals surface area contributed by atoms with Crippen LogP contribution in [0.15, 0.2) is 24.3 Å². The van der Waals surface area contributed by atoms with Crippen LogP contribution in [0.2, 0.25) is 0 Å². The van der Waals surface area contributed by atoms with Crippen LogP contribution in [0.25, 0.3) is 0 Å². The molecule has 0 aromatic heterocycles. The normalized spacial score (nSPS) is 14.1. The van der Waals surface area contributed by atoms with E-state index >= 15 is 0 Å². The second-order valence-corrected chi connectivity index (χ2v) is 5.66. The molecule has 5 nitrogen and oxygen atoms in total. The van der Waals surface area contributed by atoms with Gasteiger partial charge in [0.2, 0.25) is 5.91 Å². The van der Waals surface area contributed by atoms with Crippen molar-refractivity contribution >= 4 is 17.5 Å². The van der Waals surface area contributed by atoms with Crippen molar-refractivity contribution in [3.63, 3.8) is 0 Å². The number of rotatable bonds is 7. The van der Waals surface area contributed by atoms with Gasteiger partial charge in [-0.05, 0) is 50.1 Å². The summed E-state index contributed by atoms with van der Waals surface area (Å²) in [6, 6.07) is 7.13. The Labute approximate surface area is 132 Å². The zero-order chi connectivity index (χ0) is 15.8. The molecule has 0 radical (unpaired) electrons. The van der Waals surface area contributed by atoms with Gasteiger partial charge in [0.1, 0.15) is 0 Å². The lowest BCUT2D eigenvalue weighted by Crippen LogP contribution is -2.29. The van der Waals surface area contributed by atoms with Crippen LogP contribution in [0.4, 0.5) is 5.69 Å². The second-order valence-electron chi connectivity index (χ2n) is 5.66. The Morgan fingerprint density at radius 3 is 2.45 bits per heavy atom. The van der Waals surface area contributed by atoms with Crippen LogP contribution in [0, 0.1) is 0 Å². The molecule has 2 rings (SSSR count). The third-order valence-electron chi connectivity index (χ3n) is 3.80. The number of hydrogen-bond donors (Lipinski definition) is 2. The van der Waals surface area contributed by atoms with Gasteiger partial charge in [0.05, 0.1) is 6.54 Å². The molecule has 0 bridgehead atoms. The highest BCUT2D eigenvalue weighted by atomic mass is 16.2. The fourth-order valence-electron chi connectivity index (χ4n) is 2.51. The van der Waals surface area contributed by atoms with Crippen molar-refractivity contribution < 1.29 is 9.59 Å². The predicted molar refractivity (Wildman–Crippen MR) is 88.0 cm³/mol. The van der Waals surface area contributed by atoms with E-state index in [1.165, 1.54) is 0 Å². The lowest BCUT2D eigenvalue weighted by atomic mass is 10.2. The monoisotopic (exact) mass is 303 g/mol. The summed E-state index contributed by atoms with van der Waals surface area (Å²) in [7, 11) is 0. The Bertz CT molecular complexity index is 493. The first kappa shape index (κ1) is 16.5. The molecular weight excluding hydrogens is 278 g/mol. The molecule has 22 heavy (non-hydrogen) atoms. The number of carbonyl (C=O) groups is 2. The highest BCUT2D eigenvalue weighted by Gasteiger charge is 2.19. The number of carbonyl (C=O) groups excluding carboxylic acids is 2. The molecule has 0 spiro atoms. The van der Waals surface area contributed by atoms with Gasteiger partial charge in [-0.3, -0.25) is 9.59 Å². The smallest absolute Gasteiger partial charge is 0.253 e. The Hall–Kier alpha value is -1.88. The number of likely N-dealkylation sites (tertiary alicyclic amines) is 1. The molecule has 1 aliphatic rings. The van der Waals surface area contributed by atoms with E-state index in [1.54, 1.807) is 24.3 Å². The Balaban J connectivity index is 1.81. The number of amides is 2. The van der Waals surface area contributed by atoms with Crippen LogP contribution >= 0.6 is 0 Å². The summed E-state index contributed by atoms with van der Waals surface area (Å²) in [5.41, 5.74) is 1.40. The quantitative estimate of drug-likeness (QED) is 0.760. The fraction of sp³-hybridized carbons (Fsp3) is 0.529. The van der Waals surface area contributed by atoms with Crippen molar-refractivity contribution in [3.05, 3.63) is 29.8 Å². The van der Waals surface area contributed by atoms with Crippen molar-refractivity contribution in [1.29, 1.82) is 0 Å². The molecule has 1 aromatic rings. The molecule has 2 N–H and O–H groups in total. The first-order valence-corrected chi connectivity index (χ1v) is 8.10. The van der Waals surface area contributed by atoms with Crippen molar-refractivity contribution in [3.8, 4) is 0 Å². The van der Waals surface area contributed by atoms with Gasteiger partial charge in [-0.1, -0.05) is 13.3 Å². The first-order chi connectivity index (χ1) is 10.7. The SMILES string of the molecule is CCCCNCC(=O)Nc1ccc(C(=O)N2CCCC2)cc1. The summed E-state index contributed by atoms with van der Waals surface area (Å²) in [4.78, 5) is 25.8. The highest BCUT2D eigenvalue weighted by Crippen LogP contribution is 2.15. The molecule has 1 aliphatic heterocycles. The molecule has 0 atom stereocenters. The van der Waals surface area contributed by atoms with Gasteiger partial charge < -0.3 is 15.5 Å². The molecule has 0 aliphatic carbocycles. The average Bonchev–Trinajstić information content (AvgIpc) is 3.06. The molecule has 1 aromatic carbocycles. The van der Waals surface area contributed by atoms with E-state index in [0.29, 0.717) is 12.1 Å². The zero-order valence-electron chi connectivity index (χ0n) is 13.2. The van der Waals surface area contributed by atoms with Gasteiger partial charge in [-0.2, -0.15) is 0 Å². The molecule has 0 unspecified atom stereocenters. The van der Waals surface area contributed by atoms with Gasteiger partial charge in [-0.25, -0.2) is 0 Å². The van der Waals surface area contributed by atoms with Crippen LogP contribution in [0.5, 0.6) is 0 Å². The lowest BCUT2D eigenvalue weighted by Gasteiger charge is -2.15. The number of hydrogen-bond acceptors (Lipinski definition) is 3. The van der Waals surface area contributed by atoms with Gasteiger partial charge in [0.15, 0.2) is 0 Å². The van der Waals surface area contributed by atoms with Crippen LogP contribution in [-0.4, -0.2) is 42.9 Å². The largest absolute Gasteiger partial charge is 0.339 e. The third-order valence-corrected chi connectivity index (χ3v) is 3.80. The highest BCUT2D eigenvalue weighted by molar-refractivity contribution is 5.96. The molecule has 0 saturated carbocycles. The maximum Gasteiger partial charge on any atom is 0.253 e. The first-order valence-electron chi connectivity index (χ1n) is 8.10. The molecule has 1 fully saturated rings. The summed E-state index contributed by atoms with van der Waals surface area (Å²) in [5, 5.41) is 5.93. The summed E-state index contributed by atoms with van der Waals surface area (Å²) in [5.74, 6) is 0.0198. The molecule has 1 heterocycles. The minimum absolute atomic E-state index is 0.0604. The second kappa shape index (κ2) is 8.54. The molecular formula is C17H25N3O2. The Morgan fingerprint density at radius 2 is 1.82 bits per heavy atom. The maximum atomic E-state index is 12.2. The number of anilines is 1. The van der Waals surface area contributed by atoms with E-state index in [4.69, 9.17) is 0 Å². The predicted octanol–water partition coefficient (Wildman–Crippen LogP) is 2.25. The summed E-state index contributed by atoms with van der Waals surface area (Å²) >= 11 is 0. The molecule has 5 heteroatoms. The van der Waals surface area contributed by atoms with E-state index in [-0.39, 0.29) is 11.8 Å². The summed E-state index contributed by atoms with van der Waals surface area (Å²) in [6.45, 7) is 4.98. The number of nitrogens with one attached hydrogen (secondary N) is 2. The van der Waals surface area contributed by atoms with Crippen LogP contribution in [0.3, 0.4) is 0 Å². The van der Waals surface area contributed by atoms with Gasteiger partial charge >= 0.3 is 0 Å². The maximum absolute atomic E-state index is 12.2. The van der Waals surface area contributed by atoms with E-state index in [0.717, 1.165) is 51.0 Å². The minimum atomic E-state index is -0.0604. The van der Waals surface area contributed by atoms with Crippen molar-refractivity contribution in [2.24, 2.45) is 0 Å². The van der Waals surface area contributed by atoms with Gasteiger partial charge in [0, 0.05) is 24.3 Å². The van der Waals surface area contributed by atoms with Gasteiger partial charge in [0.25, 0.3) is 5.91 Å². The number of benzene rings is 1. The van der Waals surface area contributed by atoms with E-state index < -0.39 is 0 Å². The van der Waals surface area contributed by atoms with Crippen molar-refractivity contribution in [2.75, 3.05) is 31.5 Å². The lowest BCUT2D eigenvalue weighted by molar-refractivity contribution is -0.115. The molecule has 1 saturated heterocycles. The zero-order valence-corrected chi connectivity index (χ0v) is 13.2. The van der Waals surface area contributed by atoms with Crippen molar-refractivity contribution in [1.82, 2.24) is 10.2 Å². The van der Waals surface area contributed by atoms with Crippen LogP contribution in [-0.2, 0) is 4.79 Å². The van der Waals surface area contributed by atoms with E-state index in [9.17, 15) is 9.59 Å². The number of unbranched alkanes of at least 4 members (excludes halogenated alkanes) is 1. The van der Waals surface area contributed by atoms with Crippen LogP contribution in [0.1, 0.15) is 43.0 Å². The van der Waals surface area contributed by atoms with Crippen molar-refractivity contribution in [2.45, 2.75) is 32.6 Å². The molecule has 120 valence electrons. The standard InChI is InChI=1S/C17H25N3O2/c1-2-3-10-18-13-16(21)19-15-8-6-14(7-9-15)17(22)20-11-4-5-12-20/h6-9,18H,2-5,10-13H2,1H3,(H,19,21). The topological polar surface area (TPSA) is 61.4 Å². The Morgan fingerprint density at radius 1 is 1.14 bits per heavy atom. The van der Waals surface area contributed by atoms with Crippen LogP contribution < -0.4 is 10.6 Å². The average molecular weight is 303 g/mol. The van der Waals surface area contributed by atoms with E-state index in [2.05, 4.69) is 17.6 Å². The minimum Gasteiger partial charge on any atom is -0.339 e. The summed E-state index contributed by atoms with van der Waals surface area (Å²) in [6.07, 6.45) is 4.36. The van der Waals surface area contributed by atoms with E-state index in [1.807, 2.05) is 4.90 Å². The fourth-order valence-corrected chi connectivity index (χ4v) is 2.51. The molecule has 2 amide bonds. The van der Waals surface area contributed by atoms with Gasteiger partial charge in [-0.15, -0.1) is 0 Å². The number of nitrogens with zero attached hydrogens (tertiary/aromatic N) is 1. The summed E-state index contributed by atoms with van der Waals surface area (Å²) < 4.78 is 0.